The van der Waals surface area contributed by atoms with Crippen LogP contribution in [0.15, 0.2) is 30.6 Å². The molecule has 1 aliphatic rings. The molecule has 0 bridgehead atoms. The summed E-state index contributed by atoms with van der Waals surface area (Å²) >= 11 is 6.06. The van der Waals surface area contributed by atoms with Crippen LogP contribution in [0.1, 0.15) is 47.4 Å². The molecule has 3 aromatic rings. The zero-order valence-corrected chi connectivity index (χ0v) is 17.2. The van der Waals surface area contributed by atoms with Crippen molar-refractivity contribution in [1.82, 2.24) is 24.5 Å². The van der Waals surface area contributed by atoms with Gasteiger partial charge in [0.05, 0.1) is 17.8 Å². The number of likely N-dealkylation sites (tertiary alicyclic amines) is 1. The van der Waals surface area contributed by atoms with Gasteiger partial charge in [-0.3, -0.25) is 4.79 Å². The van der Waals surface area contributed by atoms with E-state index in [1.165, 1.54) is 24.0 Å². The standard InChI is InChI=1S/C20H20ClF2N5O2/c1-11-5-6-27(19(29)12-3-4-14(21)17(7-12)30-2)9-13(11)16-8-15(18(22)23)26-20-24-10-25-28(16)20/h3-4,7-8,10-11,13,18H,5-6,9H2,1-2H3/t11-,13-/m1/s1. The molecule has 1 fully saturated rings. The van der Waals surface area contributed by atoms with Gasteiger partial charge in [0.1, 0.15) is 17.8 Å². The number of alkyl halides is 2. The topological polar surface area (TPSA) is 72.6 Å². The zero-order chi connectivity index (χ0) is 21.4. The lowest BCUT2D eigenvalue weighted by Gasteiger charge is -2.37. The minimum absolute atomic E-state index is 0.126. The van der Waals surface area contributed by atoms with E-state index in [0.717, 1.165) is 6.42 Å². The van der Waals surface area contributed by atoms with Gasteiger partial charge in [0, 0.05) is 24.6 Å². The number of benzene rings is 1. The second-order valence-electron chi connectivity index (χ2n) is 7.35. The first-order valence-electron chi connectivity index (χ1n) is 9.50. The summed E-state index contributed by atoms with van der Waals surface area (Å²) in [6.45, 7) is 2.98. The highest BCUT2D eigenvalue weighted by Crippen LogP contribution is 2.34. The maximum atomic E-state index is 13.4. The Balaban J connectivity index is 1.67. The summed E-state index contributed by atoms with van der Waals surface area (Å²) in [5.74, 6) is 0.348. The molecule has 0 unspecified atom stereocenters. The largest absolute Gasteiger partial charge is 0.495 e. The number of ether oxygens (including phenoxy) is 1. The number of rotatable bonds is 4. The van der Waals surface area contributed by atoms with Crippen molar-refractivity contribution in [1.29, 1.82) is 0 Å². The van der Waals surface area contributed by atoms with Crippen molar-refractivity contribution in [2.75, 3.05) is 20.2 Å². The Labute approximate surface area is 176 Å². The van der Waals surface area contributed by atoms with Gasteiger partial charge < -0.3 is 9.64 Å². The Morgan fingerprint density at radius 3 is 2.87 bits per heavy atom. The lowest BCUT2D eigenvalue weighted by atomic mass is 9.84. The van der Waals surface area contributed by atoms with Gasteiger partial charge in [-0.1, -0.05) is 18.5 Å². The third kappa shape index (κ3) is 3.69. The van der Waals surface area contributed by atoms with Crippen LogP contribution in [0, 0.1) is 5.92 Å². The summed E-state index contributed by atoms with van der Waals surface area (Å²) in [7, 11) is 1.49. The predicted octanol–water partition coefficient (Wildman–Crippen LogP) is 3.99. The molecule has 1 aromatic carbocycles. The molecule has 4 rings (SSSR count). The van der Waals surface area contributed by atoms with Gasteiger partial charge in [-0.05, 0) is 36.6 Å². The van der Waals surface area contributed by atoms with E-state index in [1.54, 1.807) is 23.1 Å². The van der Waals surface area contributed by atoms with Gasteiger partial charge in [-0.25, -0.2) is 18.3 Å². The second kappa shape index (κ2) is 8.14. The summed E-state index contributed by atoms with van der Waals surface area (Å²) in [5, 5.41) is 4.57. The SMILES string of the molecule is COc1cc(C(=O)N2CC[C@@H](C)[C@H](c3cc(C(F)F)nc4ncnn34)C2)ccc1Cl. The van der Waals surface area contributed by atoms with Gasteiger partial charge in [-0.2, -0.15) is 10.1 Å². The van der Waals surface area contributed by atoms with Crippen LogP contribution in [-0.2, 0) is 0 Å². The average Bonchev–Trinajstić information content (AvgIpc) is 3.22. The number of methoxy groups -OCH3 is 1. The molecule has 7 nitrogen and oxygen atoms in total. The Hall–Kier alpha value is -2.81. The lowest BCUT2D eigenvalue weighted by Crippen LogP contribution is -2.42. The van der Waals surface area contributed by atoms with E-state index in [-0.39, 0.29) is 29.2 Å². The van der Waals surface area contributed by atoms with Gasteiger partial charge in [0.15, 0.2) is 0 Å². The molecule has 1 saturated heterocycles. The number of nitrogens with zero attached hydrogens (tertiary/aromatic N) is 5. The van der Waals surface area contributed by atoms with Gasteiger partial charge in [0.2, 0.25) is 0 Å². The minimum Gasteiger partial charge on any atom is -0.495 e. The third-order valence-corrected chi connectivity index (χ3v) is 5.86. The molecule has 1 amide bonds. The molecule has 2 atom stereocenters. The highest BCUT2D eigenvalue weighted by molar-refractivity contribution is 6.32. The van der Waals surface area contributed by atoms with E-state index >= 15 is 0 Å². The Bertz CT molecular complexity index is 1090. The smallest absolute Gasteiger partial charge is 0.280 e. The molecule has 0 aliphatic carbocycles. The molecular formula is C20H20ClF2N5O2. The molecule has 3 heterocycles. The van der Waals surface area contributed by atoms with Gasteiger partial charge >= 0.3 is 0 Å². The van der Waals surface area contributed by atoms with Crippen molar-refractivity contribution in [3.63, 3.8) is 0 Å². The van der Waals surface area contributed by atoms with Crippen molar-refractivity contribution in [2.24, 2.45) is 5.92 Å². The minimum atomic E-state index is -2.72. The van der Waals surface area contributed by atoms with E-state index in [0.29, 0.717) is 35.1 Å². The highest BCUT2D eigenvalue weighted by Gasteiger charge is 2.33. The molecule has 158 valence electrons. The normalized spacial score (nSPS) is 19.5. The number of amides is 1. The Morgan fingerprint density at radius 2 is 2.13 bits per heavy atom. The predicted molar refractivity (Wildman–Crippen MR) is 106 cm³/mol. The van der Waals surface area contributed by atoms with Crippen LogP contribution < -0.4 is 4.74 Å². The molecule has 0 spiro atoms. The van der Waals surface area contributed by atoms with Crippen molar-refractivity contribution in [2.45, 2.75) is 25.7 Å². The monoisotopic (exact) mass is 435 g/mol. The maximum absolute atomic E-state index is 13.4. The van der Waals surface area contributed by atoms with E-state index in [9.17, 15) is 13.6 Å². The van der Waals surface area contributed by atoms with Gasteiger partial charge in [0.25, 0.3) is 18.1 Å². The molecular weight excluding hydrogens is 416 g/mol. The first-order chi connectivity index (χ1) is 14.4. The number of aromatic nitrogens is 4. The van der Waals surface area contributed by atoms with E-state index < -0.39 is 6.43 Å². The number of halogens is 3. The van der Waals surface area contributed by atoms with E-state index in [2.05, 4.69) is 15.1 Å². The van der Waals surface area contributed by atoms with Crippen molar-refractivity contribution in [3.05, 3.63) is 52.6 Å². The molecule has 1 aliphatic heterocycles. The molecule has 2 aromatic heterocycles. The van der Waals surface area contributed by atoms with Crippen molar-refractivity contribution in [3.8, 4) is 5.75 Å². The summed E-state index contributed by atoms with van der Waals surface area (Å²) < 4.78 is 33.4. The number of carbonyl (C=O) groups excluding carboxylic acids is 1. The fourth-order valence-corrected chi connectivity index (χ4v) is 4.04. The molecule has 10 heteroatoms. The first-order valence-corrected chi connectivity index (χ1v) is 9.88. The fourth-order valence-electron chi connectivity index (χ4n) is 3.84. The summed E-state index contributed by atoms with van der Waals surface area (Å²) in [4.78, 5) is 22.7. The maximum Gasteiger partial charge on any atom is 0.280 e. The molecule has 0 radical (unpaired) electrons. The summed E-state index contributed by atoms with van der Waals surface area (Å²) in [6.07, 6.45) is -0.704. The van der Waals surface area contributed by atoms with E-state index in [1.807, 2.05) is 6.92 Å². The average molecular weight is 436 g/mol. The summed E-state index contributed by atoms with van der Waals surface area (Å²) in [6, 6.07) is 6.24. The second-order valence-corrected chi connectivity index (χ2v) is 7.76. The summed E-state index contributed by atoms with van der Waals surface area (Å²) in [5.41, 5.74) is 0.688. The van der Waals surface area contributed by atoms with Crippen LogP contribution in [0.2, 0.25) is 5.02 Å². The number of hydrogen-bond acceptors (Lipinski definition) is 5. The first kappa shape index (κ1) is 20.5. The Morgan fingerprint density at radius 1 is 1.33 bits per heavy atom. The molecule has 0 N–H and O–H groups in total. The van der Waals surface area contributed by atoms with Crippen LogP contribution in [0.4, 0.5) is 8.78 Å². The number of fused-ring (bicyclic) bond motifs is 1. The zero-order valence-electron chi connectivity index (χ0n) is 16.4. The highest BCUT2D eigenvalue weighted by atomic mass is 35.5. The third-order valence-electron chi connectivity index (χ3n) is 5.55. The quantitative estimate of drug-likeness (QED) is 0.619. The van der Waals surface area contributed by atoms with Crippen LogP contribution in [0.5, 0.6) is 5.75 Å². The van der Waals surface area contributed by atoms with Gasteiger partial charge in [-0.15, -0.1) is 0 Å². The number of piperidine rings is 1. The number of hydrogen-bond donors (Lipinski definition) is 0. The van der Waals surface area contributed by atoms with E-state index in [4.69, 9.17) is 16.3 Å². The lowest BCUT2D eigenvalue weighted by molar-refractivity contribution is 0.0665. The molecule has 30 heavy (non-hydrogen) atoms. The van der Waals surface area contributed by atoms with Crippen LogP contribution in [0.25, 0.3) is 5.78 Å². The van der Waals surface area contributed by atoms with Crippen LogP contribution in [-0.4, -0.2) is 50.6 Å². The Kier molecular flexibility index (Phi) is 5.55. The molecule has 0 saturated carbocycles. The van der Waals surface area contributed by atoms with Crippen molar-refractivity contribution < 1.29 is 18.3 Å². The van der Waals surface area contributed by atoms with Crippen LogP contribution >= 0.6 is 11.6 Å². The number of carbonyl (C=O) groups is 1. The fraction of sp³-hybridized carbons (Fsp3) is 0.400. The van der Waals surface area contributed by atoms with Crippen LogP contribution in [0.3, 0.4) is 0 Å². The van der Waals surface area contributed by atoms with Crippen molar-refractivity contribution >= 4 is 23.3 Å².